The number of H-pyrrole nitrogens is 1. The van der Waals surface area contributed by atoms with Crippen molar-refractivity contribution in [2.45, 2.75) is 19.4 Å². The number of carbonyl (C=O) groups excluding carboxylic acids is 2. The van der Waals surface area contributed by atoms with Crippen LogP contribution in [0.5, 0.6) is 5.75 Å². The number of aromatic amines is 1. The third-order valence-electron chi connectivity index (χ3n) is 5.33. The average molecular weight is 412 g/mol. The summed E-state index contributed by atoms with van der Waals surface area (Å²) in [4.78, 5) is 31.7. The van der Waals surface area contributed by atoms with Gasteiger partial charge in [0.1, 0.15) is 11.5 Å². The van der Waals surface area contributed by atoms with Gasteiger partial charge in [-0.3, -0.25) is 9.59 Å². The number of pyridine rings is 1. The van der Waals surface area contributed by atoms with Crippen molar-refractivity contribution in [1.82, 2.24) is 4.90 Å². The number of rotatable bonds is 7. The molecule has 1 aliphatic heterocycles. The van der Waals surface area contributed by atoms with Crippen LogP contribution >= 0.6 is 0 Å². The Hall–Kier alpha value is -3.19. The van der Waals surface area contributed by atoms with Crippen LogP contribution in [-0.2, 0) is 9.59 Å². The van der Waals surface area contributed by atoms with Crippen LogP contribution in [0, 0.1) is 6.92 Å². The van der Waals surface area contributed by atoms with Crippen molar-refractivity contribution in [2.24, 2.45) is 0 Å². The minimum atomic E-state index is -0.660. The SMILES string of the molecule is COc1ccc(C(O)=C2C(=O)C(=O)N(CCC[NH+](C)C)C2c2ccc[nH+]c2)cc1C. The number of benzene rings is 1. The molecule has 0 bridgehead atoms. The lowest BCUT2D eigenvalue weighted by atomic mass is 9.95. The number of methoxy groups -OCH3 is 1. The number of likely N-dealkylation sites (tertiary alicyclic amines) is 1. The number of aliphatic hydroxyl groups excluding tert-OH is 1. The Morgan fingerprint density at radius 2 is 2.03 bits per heavy atom. The highest BCUT2D eigenvalue weighted by atomic mass is 16.5. The molecule has 0 saturated carbocycles. The minimum absolute atomic E-state index is 0.112. The molecule has 1 atom stereocenters. The van der Waals surface area contributed by atoms with E-state index in [-0.39, 0.29) is 11.3 Å². The summed E-state index contributed by atoms with van der Waals surface area (Å²) in [6.45, 7) is 3.17. The molecule has 1 amide bonds. The topological polar surface area (TPSA) is 85.4 Å². The average Bonchev–Trinajstić information content (AvgIpc) is 2.98. The Morgan fingerprint density at radius 1 is 1.27 bits per heavy atom. The summed E-state index contributed by atoms with van der Waals surface area (Å²) in [6, 6.07) is 8.22. The van der Waals surface area contributed by atoms with Gasteiger partial charge in [-0.25, -0.2) is 4.98 Å². The van der Waals surface area contributed by atoms with E-state index in [9.17, 15) is 14.7 Å². The van der Waals surface area contributed by atoms with Crippen LogP contribution < -0.4 is 14.6 Å². The van der Waals surface area contributed by atoms with Gasteiger partial charge in [0.25, 0.3) is 11.7 Å². The molecule has 7 heteroatoms. The number of hydrogen-bond acceptors (Lipinski definition) is 4. The van der Waals surface area contributed by atoms with E-state index in [1.807, 2.05) is 33.2 Å². The van der Waals surface area contributed by atoms with Crippen LogP contribution in [0.2, 0.25) is 0 Å². The quantitative estimate of drug-likeness (QED) is 0.401. The Labute approximate surface area is 176 Å². The van der Waals surface area contributed by atoms with Crippen molar-refractivity contribution in [1.29, 1.82) is 0 Å². The fourth-order valence-electron chi connectivity index (χ4n) is 3.82. The summed E-state index contributed by atoms with van der Waals surface area (Å²) in [5, 5.41) is 11.1. The second kappa shape index (κ2) is 9.09. The Kier molecular flexibility index (Phi) is 6.52. The molecule has 2 aromatic rings. The summed E-state index contributed by atoms with van der Waals surface area (Å²) < 4.78 is 5.28. The second-order valence-corrected chi connectivity index (χ2v) is 7.82. The fraction of sp³-hybridized carbons (Fsp3) is 0.348. The van der Waals surface area contributed by atoms with Crippen molar-refractivity contribution < 1.29 is 29.3 Å². The van der Waals surface area contributed by atoms with E-state index < -0.39 is 17.7 Å². The van der Waals surface area contributed by atoms with Gasteiger partial charge in [-0.15, -0.1) is 0 Å². The predicted octanol–water partition coefficient (Wildman–Crippen LogP) is 0.774. The van der Waals surface area contributed by atoms with Crippen LogP contribution in [0.3, 0.4) is 0 Å². The Balaban J connectivity index is 2.08. The van der Waals surface area contributed by atoms with E-state index in [0.29, 0.717) is 17.9 Å². The summed E-state index contributed by atoms with van der Waals surface area (Å²) >= 11 is 0. The van der Waals surface area contributed by atoms with Crippen LogP contribution in [-0.4, -0.2) is 56.0 Å². The largest absolute Gasteiger partial charge is 0.507 e. The maximum Gasteiger partial charge on any atom is 0.295 e. The molecule has 0 radical (unpaired) electrons. The Bertz CT molecular complexity index is 970. The molecule has 1 aliphatic rings. The number of hydrogen-bond donors (Lipinski definition) is 2. The number of quaternary nitrogens is 1. The van der Waals surface area contributed by atoms with Gasteiger partial charge in [0.2, 0.25) is 0 Å². The van der Waals surface area contributed by atoms with Gasteiger partial charge in [-0.1, -0.05) is 0 Å². The van der Waals surface area contributed by atoms with Crippen LogP contribution in [0.25, 0.3) is 5.76 Å². The summed E-state index contributed by atoms with van der Waals surface area (Å²) in [6.07, 6.45) is 4.27. The standard InChI is InChI=1S/C23H27N3O4/c1-15-13-16(8-9-18(15)30-4)21(27)19-20(17-7-5-10-24-14-17)26(23(29)22(19)28)12-6-11-25(2)3/h5,7-10,13-14,20,27H,6,11-12H2,1-4H3/p+2. The van der Waals surface area contributed by atoms with Gasteiger partial charge in [-0.2, -0.15) is 0 Å². The molecule has 1 aromatic carbocycles. The molecule has 2 heterocycles. The molecule has 30 heavy (non-hydrogen) atoms. The van der Waals surface area contributed by atoms with E-state index in [1.54, 1.807) is 42.6 Å². The number of ether oxygens (including phenoxy) is 1. The van der Waals surface area contributed by atoms with E-state index in [2.05, 4.69) is 4.98 Å². The highest BCUT2D eigenvalue weighted by molar-refractivity contribution is 6.46. The fourth-order valence-corrected chi connectivity index (χ4v) is 3.82. The lowest BCUT2D eigenvalue weighted by Crippen LogP contribution is -3.05. The Morgan fingerprint density at radius 3 is 2.63 bits per heavy atom. The molecular formula is C23H29N3O4+2. The van der Waals surface area contributed by atoms with Gasteiger partial charge in [-0.05, 0) is 36.8 Å². The molecule has 158 valence electrons. The van der Waals surface area contributed by atoms with Crippen molar-refractivity contribution in [3.63, 3.8) is 0 Å². The first kappa shape index (κ1) is 21.5. The zero-order chi connectivity index (χ0) is 21.8. The summed E-state index contributed by atoms with van der Waals surface area (Å²) in [7, 11) is 5.67. The van der Waals surface area contributed by atoms with E-state index in [4.69, 9.17) is 4.74 Å². The molecule has 1 aromatic heterocycles. The highest BCUT2D eigenvalue weighted by Crippen LogP contribution is 2.39. The summed E-state index contributed by atoms with van der Waals surface area (Å²) in [5.41, 5.74) is 2.17. The first-order valence-electron chi connectivity index (χ1n) is 10.0. The first-order valence-corrected chi connectivity index (χ1v) is 10.0. The second-order valence-electron chi connectivity index (χ2n) is 7.82. The number of aryl methyl sites for hydroxylation is 1. The van der Waals surface area contributed by atoms with Crippen LogP contribution in [0.1, 0.15) is 29.2 Å². The van der Waals surface area contributed by atoms with Crippen LogP contribution in [0.4, 0.5) is 0 Å². The molecule has 1 unspecified atom stereocenters. The van der Waals surface area contributed by atoms with E-state index in [0.717, 1.165) is 24.1 Å². The lowest BCUT2D eigenvalue weighted by Gasteiger charge is -2.24. The number of ketones is 1. The zero-order valence-corrected chi connectivity index (χ0v) is 17.9. The third-order valence-corrected chi connectivity index (χ3v) is 5.33. The van der Waals surface area contributed by atoms with Gasteiger partial charge < -0.3 is 19.6 Å². The number of aliphatic hydroxyl groups is 1. The lowest BCUT2D eigenvalue weighted by molar-refractivity contribution is -0.858. The van der Waals surface area contributed by atoms with Crippen molar-refractivity contribution in [3.8, 4) is 5.75 Å². The maximum absolute atomic E-state index is 13.0. The van der Waals surface area contributed by atoms with Gasteiger partial charge in [0.15, 0.2) is 12.4 Å². The predicted molar refractivity (Wildman–Crippen MR) is 112 cm³/mol. The normalized spacial score (nSPS) is 18.3. The molecule has 3 rings (SSSR count). The van der Waals surface area contributed by atoms with Crippen molar-refractivity contribution >= 4 is 17.4 Å². The number of aromatic nitrogens is 1. The smallest absolute Gasteiger partial charge is 0.295 e. The molecule has 3 N–H and O–H groups in total. The number of Topliss-reactive ketones (excluding diaryl/α,β-unsaturated/α-hetero) is 1. The van der Waals surface area contributed by atoms with Crippen LogP contribution in [0.15, 0.2) is 48.3 Å². The highest BCUT2D eigenvalue weighted by Gasteiger charge is 2.46. The van der Waals surface area contributed by atoms with Gasteiger partial charge in [0.05, 0.1) is 39.4 Å². The summed E-state index contributed by atoms with van der Waals surface area (Å²) in [5.74, 6) is -0.725. The van der Waals surface area contributed by atoms with E-state index >= 15 is 0 Å². The molecule has 1 fully saturated rings. The third kappa shape index (κ3) is 4.21. The minimum Gasteiger partial charge on any atom is -0.507 e. The monoisotopic (exact) mass is 411 g/mol. The molecule has 0 spiro atoms. The van der Waals surface area contributed by atoms with Gasteiger partial charge >= 0.3 is 0 Å². The van der Waals surface area contributed by atoms with Crippen molar-refractivity contribution in [3.05, 3.63) is 65.0 Å². The number of nitrogens with one attached hydrogen (secondary N) is 2. The molecule has 7 nitrogen and oxygen atoms in total. The zero-order valence-electron chi connectivity index (χ0n) is 17.9. The molecular weight excluding hydrogens is 382 g/mol. The number of nitrogens with zero attached hydrogens (tertiary/aromatic N) is 1. The number of amides is 1. The van der Waals surface area contributed by atoms with Crippen molar-refractivity contribution in [2.75, 3.05) is 34.3 Å². The number of carbonyl (C=O) groups is 2. The maximum atomic E-state index is 13.0. The van der Waals surface area contributed by atoms with E-state index in [1.165, 1.54) is 4.90 Å². The van der Waals surface area contributed by atoms with Gasteiger partial charge in [0, 0.05) is 30.2 Å². The molecule has 0 aliphatic carbocycles. The molecule has 1 saturated heterocycles. The first-order chi connectivity index (χ1) is 14.3.